The lowest BCUT2D eigenvalue weighted by Crippen LogP contribution is -2.50. The summed E-state index contributed by atoms with van der Waals surface area (Å²) >= 11 is 1.69. The summed E-state index contributed by atoms with van der Waals surface area (Å²) in [5.74, 6) is 3.18. The van der Waals surface area contributed by atoms with E-state index >= 15 is 0 Å². The number of ether oxygens (including phenoxy) is 8. The molecule has 0 fully saturated rings. The first-order valence-electron chi connectivity index (χ1n) is 20.3. The number of carbonyl (C=O) groups is 2. The van der Waals surface area contributed by atoms with Gasteiger partial charge in [0.1, 0.15) is 31.6 Å². The third kappa shape index (κ3) is 9.09. The molecule has 3 aromatic rings. The summed E-state index contributed by atoms with van der Waals surface area (Å²) in [6, 6.07) is 3.84. The van der Waals surface area contributed by atoms with Crippen molar-refractivity contribution in [1.29, 1.82) is 0 Å². The molecule has 6 rings (SSSR count). The van der Waals surface area contributed by atoms with Crippen LogP contribution in [-0.2, 0) is 27.2 Å². The van der Waals surface area contributed by atoms with Crippen LogP contribution in [0.4, 0.5) is 0 Å². The van der Waals surface area contributed by atoms with Gasteiger partial charge in [-0.2, -0.15) is 11.8 Å². The predicted molar refractivity (Wildman–Crippen MR) is 226 cm³/mol. The number of hydrogen-bond donors (Lipinski definition) is 4. The van der Waals surface area contributed by atoms with Gasteiger partial charge in [-0.3, -0.25) is 9.69 Å². The Morgan fingerprint density at radius 2 is 1.70 bits per heavy atom. The standard InChI is InChI=1S/C44H59N3O12S/c1-24-18-29-10-9-13-47(32(22-60-8)38(45-5)36(29)43(39(24)53-7)55-17-15-49)31(35-25(2)40(59-27(4)50)26(3)41-42(35)58-23-57-41)21-56-44(51)37-30-20-33(52-6)34(54-16-14-48)19-28(30)11-12-46-37/h18-20,31-32,37-38,45-46,48-49H,9-17,21-23H2,1-8H3/t31-,32?,37?,38-/m0/s1. The molecule has 0 aromatic heterocycles. The molecule has 4 N–H and O–H groups in total. The molecule has 3 aliphatic rings. The van der Waals surface area contributed by atoms with Gasteiger partial charge in [-0.15, -0.1) is 0 Å². The van der Waals surface area contributed by atoms with Crippen molar-refractivity contribution in [3.05, 3.63) is 62.7 Å². The number of esters is 2. The summed E-state index contributed by atoms with van der Waals surface area (Å²) in [6.07, 6.45) is 4.16. The molecule has 3 heterocycles. The fraction of sp³-hybridized carbons (Fsp3) is 0.545. The minimum atomic E-state index is -0.801. The Labute approximate surface area is 356 Å². The zero-order valence-corrected chi connectivity index (χ0v) is 36.7. The molecule has 0 saturated carbocycles. The first kappa shape index (κ1) is 45.1. The first-order chi connectivity index (χ1) is 29.0. The summed E-state index contributed by atoms with van der Waals surface area (Å²) < 4.78 is 48.3. The molecule has 16 heteroatoms. The van der Waals surface area contributed by atoms with Crippen molar-refractivity contribution in [2.24, 2.45) is 0 Å². The summed E-state index contributed by atoms with van der Waals surface area (Å²) in [6.45, 7) is 7.99. The second-order valence-electron chi connectivity index (χ2n) is 15.0. The summed E-state index contributed by atoms with van der Waals surface area (Å²) in [7, 11) is 5.07. The van der Waals surface area contributed by atoms with E-state index in [1.54, 1.807) is 24.9 Å². The van der Waals surface area contributed by atoms with Crippen LogP contribution in [0.2, 0.25) is 0 Å². The van der Waals surface area contributed by atoms with Gasteiger partial charge in [0.25, 0.3) is 0 Å². The second kappa shape index (κ2) is 20.4. The Hall–Kier alpha value is -4.45. The molecule has 0 saturated heterocycles. The van der Waals surface area contributed by atoms with Crippen LogP contribution in [0.5, 0.6) is 40.2 Å². The Morgan fingerprint density at radius 3 is 2.38 bits per heavy atom. The molecule has 3 aromatic carbocycles. The minimum Gasteiger partial charge on any atom is -0.493 e. The molecule has 0 bridgehead atoms. The summed E-state index contributed by atoms with van der Waals surface area (Å²) in [5, 5.41) is 26.2. The van der Waals surface area contributed by atoms with Gasteiger partial charge in [-0.25, -0.2) is 4.79 Å². The topological polar surface area (TPSA) is 176 Å². The second-order valence-corrected chi connectivity index (χ2v) is 15.9. The highest BCUT2D eigenvalue weighted by molar-refractivity contribution is 7.98. The van der Waals surface area contributed by atoms with Crippen LogP contribution >= 0.6 is 11.8 Å². The molecule has 4 atom stereocenters. The van der Waals surface area contributed by atoms with Crippen molar-refractivity contribution >= 4 is 23.7 Å². The minimum absolute atomic E-state index is 0.0290. The van der Waals surface area contributed by atoms with E-state index in [9.17, 15) is 19.8 Å². The molecule has 0 amide bonds. The van der Waals surface area contributed by atoms with Crippen molar-refractivity contribution in [3.63, 3.8) is 0 Å². The van der Waals surface area contributed by atoms with Crippen molar-refractivity contribution in [2.75, 3.05) is 86.2 Å². The first-order valence-corrected chi connectivity index (χ1v) is 21.7. The number of fused-ring (bicyclic) bond motifs is 3. The number of likely N-dealkylation sites (N-methyl/N-ethyl adjacent to an activating group) is 1. The third-order valence-electron chi connectivity index (χ3n) is 11.4. The molecule has 328 valence electrons. The predicted octanol–water partition coefficient (Wildman–Crippen LogP) is 4.44. The van der Waals surface area contributed by atoms with Gasteiger partial charge in [0.15, 0.2) is 34.5 Å². The third-order valence-corrected chi connectivity index (χ3v) is 12.1. The molecule has 0 aliphatic carbocycles. The van der Waals surface area contributed by atoms with Crippen LogP contribution in [0.1, 0.15) is 76.0 Å². The Kier molecular flexibility index (Phi) is 15.3. The largest absolute Gasteiger partial charge is 0.493 e. The van der Waals surface area contributed by atoms with Crippen molar-refractivity contribution < 1.29 is 57.7 Å². The molecular weight excluding hydrogens is 795 g/mol. The van der Waals surface area contributed by atoms with Gasteiger partial charge in [0, 0.05) is 47.5 Å². The van der Waals surface area contributed by atoms with E-state index in [0.29, 0.717) is 88.6 Å². The van der Waals surface area contributed by atoms with Gasteiger partial charge >= 0.3 is 11.9 Å². The highest BCUT2D eigenvalue weighted by Gasteiger charge is 2.42. The maximum absolute atomic E-state index is 14.5. The van der Waals surface area contributed by atoms with Crippen molar-refractivity contribution in [2.45, 2.75) is 71.1 Å². The normalized spacial score (nSPS) is 19.0. The lowest BCUT2D eigenvalue weighted by Gasteiger charge is -2.44. The number of thioether (sulfide) groups is 1. The van der Waals surface area contributed by atoms with E-state index in [4.69, 9.17) is 37.9 Å². The van der Waals surface area contributed by atoms with Crippen LogP contribution < -0.4 is 43.8 Å². The van der Waals surface area contributed by atoms with Crippen LogP contribution in [0.15, 0.2) is 18.2 Å². The summed E-state index contributed by atoms with van der Waals surface area (Å²) in [4.78, 5) is 29.4. The van der Waals surface area contributed by atoms with E-state index < -0.39 is 24.0 Å². The van der Waals surface area contributed by atoms with E-state index in [1.165, 1.54) is 14.0 Å². The van der Waals surface area contributed by atoms with Crippen LogP contribution in [0.3, 0.4) is 0 Å². The molecule has 0 radical (unpaired) electrons. The number of nitrogens with one attached hydrogen (secondary N) is 2. The van der Waals surface area contributed by atoms with Gasteiger partial charge in [-0.1, -0.05) is 6.07 Å². The maximum atomic E-state index is 14.5. The maximum Gasteiger partial charge on any atom is 0.327 e. The highest BCUT2D eigenvalue weighted by atomic mass is 32.2. The molecule has 60 heavy (non-hydrogen) atoms. The van der Waals surface area contributed by atoms with Crippen molar-refractivity contribution in [1.82, 2.24) is 15.5 Å². The monoisotopic (exact) mass is 853 g/mol. The average molecular weight is 854 g/mol. The Morgan fingerprint density at radius 1 is 0.950 bits per heavy atom. The lowest BCUT2D eigenvalue weighted by molar-refractivity contribution is -0.149. The molecule has 15 nitrogen and oxygen atoms in total. The Bertz CT molecular complexity index is 2030. The smallest absolute Gasteiger partial charge is 0.327 e. The van der Waals surface area contributed by atoms with Crippen LogP contribution in [0.25, 0.3) is 0 Å². The molecule has 0 spiro atoms. The zero-order chi connectivity index (χ0) is 43.1. The molecular formula is C44H59N3O12S. The van der Waals surface area contributed by atoms with E-state index in [2.05, 4.69) is 27.9 Å². The average Bonchev–Trinajstić information content (AvgIpc) is 3.73. The summed E-state index contributed by atoms with van der Waals surface area (Å²) in [5.41, 5.74) is 6.64. The van der Waals surface area contributed by atoms with E-state index in [1.807, 2.05) is 33.9 Å². The number of benzene rings is 3. The van der Waals surface area contributed by atoms with Gasteiger partial charge < -0.3 is 58.7 Å². The number of rotatable bonds is 17. The number of nitrogens with zero attached hydrogens (tertiary/aromatic N) is 1. The fourth-order valence-corrected chi connectivity index (χ4v) is 9.68. The number of carbonyl (C=O) groups excluding carboxylic acids is 2. The Balaban J connectivity index is 1.49. The lowest BCUT2D eigenvalue weighted by atomic mass is 9.85. The van der Waals surface area contributed by atoms with Gasteiger partial charge in [0.05, 0.1) is 39.5 Å². The SMILES string of the molecule is CN[C@@H]1c2c(cc(C)c(OC)c2OCCO)CCCN([C@@H](COC(=O)C2NCCc3cc(OCCO)c(OC)cc32)c2c(C)c(OC(C)=O)c(C)c3c2OCO3)C1CSC. The number of hydrogen-bond acceptors (Lipinski definition) is 16. The van der Waals surface area contributed by atoms with E-state index in [0.717, 1.165) is 34.2 Å². The number of aliphatic hydroxyl groups excluding tert-OH is 2. The zero-order valence-electron chi connectivity index (χ0n) is 35.9. The highest BCUT2D eigenvalue weighted by Crippen LogP contribution is 2.52. The number of aliphatic hydroxyl groups is 2. The van der Waals surface area contributed by atoms with Gasteiger partial charge in [0.2, 0.25) is 6.79 Å². The van der Waals surface area contributed by atoms with Crippen LogP contribution in [0, 0.1) is 20.8 Å². The fourth-order valence-electron chi connectivity index (χ4n) is 8.96. The number of aryl methyl sites for hydroxylation is 2. The van der Waals surface area contributed by atoms with E-state index in [-0.39, 0.29) is 51.9 Å². The number of methoxy groups -OCH3 is 2. The van der Waals surface area contributed by atoms with Gasteiger partial charge in [-0.05, 0) is 94.3 Å². The molecule has 3 aliphatic heterocycles. The van der Waals surface area contributed by atoms with Crippen molar-refractivity contribution in [3.8, 4) is 40.2 Å². The quantitative estimate of drug-likeness (QED) is 0.111. The van der Waals surface area contributed by atoms with Crippen LogP contribution in [-0.4, -0.2) is 119 Å². The molecule has 2 unspecified atom stereocenters.